The minimum absolute atomic E-state index is 1.07. The van der Waals surface area contributed by atoms with Crippen molar-refractivity contribution >= 4 is 32.5 Å². The number of nitrogens with one attached hydrogen (secondary N) is 1. The SMILES string of the molecule is c1cc(-c2ccc3[nH]ccc3c2)cc(-c2nc3ccccc3s2)c1. The van der Waals surface area contributed by atoms with Gasteiger partial charge in [0.1, 0.15) is 5.01 Å². The average molecular weight is 326 g/mol. The molecule has 0 bridgehead atoms. The molecule has 0 aliphatic rings. The molecule has 2 aromatic heterocycles. The van der Waals surface area contributed by atoms with Crippen LogP contribution < -0.4 is 0 Å². The smallest absolute Gasteiger partial charge is 0.124 e. The van der Waals surface area contributed by atoms with Gasteiger partial charge in [0.2, 0.25) is 0 Å². The Balaban J connectivity index is 1.62. The molecule has 114 valence electrons. The van der Waals surface area contributed by atoms with Gasteiger partial charge in [0, 0.05) is 17.3 Å². The normalized spacial score (nSPS) is 11.3. The number of H-pyrrole nitrogens is 1. The number of hydrogen-bond acceptors (Lipinski definition) is 2. The van der Waals surface area contributed by atoms with Crippen molar-refractivity contribution in [3.63, 3.8) is 0 Å². The Morgan fingerprint density at radius 1 is 0.750 bits per heavy atom. The van der Waals surface area contributed by atoms with E-state index in [1.807, 2.05) is 12.3 Å². The fourth-order valence-corrected chi connectivity index (χ4v) is 4.02. The van der Waals surface area contributed by atoms with E-state index in [0.29, 0.717) is 0 Å². The van der Waals surface area contributed by atoms with Gasteiger partial charge in [-0.2, -0.15) is 0 Å². The minimum Gasteiger partial charge on any atom is -0.361 e. The van der Waals surface area contributed by atoms with Gasteiger partial charge >= 0.3 is 0 Å². The van der Waals surface area contributed by atoms with E-state index < -0.39 is 0 Å². The molecular weight excluding hydrogens is 312 g/mol. The van der Waals surface area contributed by atoms with E-state index in [4.69, 9.17) is 4.98 Å². The second kappa shape index (κ2) is 5.32. The Bertz CT molecular complexity index is 1120. The van der Waals surface area contributed by atoms with Crippen LogP contribution in [0.3, 0.4) is 0 Å². The van der Waals surface area contributed by atoms with E-state index in [2.05, 4.69) is 71.7 Å². The molecule has 1 N–H and O–H groups in total. The number of thiazole rings is 1. The summed E-state index contributed by atoms with van der Waals surface area (Å²) in [5, 5.41) is 2.30. The molecule has 24 heavy (non-hydrogen) atoms. The first-order valence-corrected chi connectivity index (χ1v) is 8.72. The summed E-state index contributed by atoms with van der Waals surface area (Å²) in [4.78, 5) is 8.01. The van der Waals surface area contributed by atoms with Crippen LogP contribution in [0.15, 0.2) is 79.0 Å². The lowest BCUT2D eigenvalue weighted by Crippen LogP contribution is -1.81. The molecule has 2 heterocycles. The zero-order valence-corrected chi connectivity index (χ0v) is 13.7. The molecule has 5 rings (SSSR count). The quantitative estimate of drug-likeness (QED) is 0.416. The number of nitrogens with zero attached hydrogens (tertiary/aromatic N) is 1. The molecule has 0 saturated carbocycles. The van der Waals surface area contributed by atoms with Crippen molar-refractivity contribution < 1.29 is 0 Å². The lowest BCUT2D eigenvalue weighted by Gasteiger charge is -2.04. The van der Waals surface area contributed by atoms with Gasteiger partial charge in [0.15, 0.2) is 0 Å². The van der Waals surface area contributed by atoms with Crippen LogP contribution in [0.2, 0.25) is 0 Å². The van der Waals surface area contributed by atoms with E-state index in [1.54, 1.807) is 11.3 Å². The third-order valence-electron chi connectivity index (χ3n) is 4.29. The Morgan fingerprint density at radius 3 is 2.58 bits per heavy atom. The molecule has 0 unspecified atom stereocenters. The number of benzene rings is 3. The molecule has 0 aliphatic heterocycles. The van der Waals surface area contributed by atoms with Crippen LogP contribution in [0, 0.1) is 0 Å². The fourth-order valence-electron chi connectivity index (χ4n) is 3.06. The van der Waals surface area contributed by atoms with Crippen LogP contribution in [0.4, 0.5) is 0 Å². The van der Waals surface area contributed by atoms with E-state index in [0.717, 1.165) is 10.5 Å². The molecule has 3 aromatic carbocycles. The van der Waals surface area contributed by atoms with Crippen molar-refractivity contribution in [3.8, 4) is 21.7 Å². The van der Waals surface area contributed by atoms with E-state index in [9.17, 15) is 0 Å². The first kappa shape index (κ1) is 13.5. The largest absolute Gasteiger partial charge is 0.361 e. The average Bonchev–Trinajstić information content (AvgIpc) is 3.27. The lowest BCUT2D eigenvalue weighted by atomic mass is 10.0. The summed E-state index contributed by atoms with van der Waals surface area (Å²) in [5.74, 6) is 0. The van der Waals surface area contributed by atoms with Crippen LogP contribution in [-0.4, -0.2) is 9.97 Å². The lowest BCUT2D eigenvalue weighted by molar-refractivity contribution is 1.47. The summed E-state index contributed by atoms with van der Waals surface area (Å²) < 4.78 is 1.23. The molecule has 0 fully saturated rings. The first-order chi connectivity index (χ1) is 11.9. The van der Waals surface area contributed by atoms with Crippen molar-refractivity contribution in [2.24, 2.45) is 0 Å². The number of aromatic nitrogens is 2. The monoisotopic (exact) mass is 326 g/mol. The van der Waals surface area contributed by atoms with Crippen LogP contribution >= 0.6 is 11.3 Å². The van der Waals surface area contributed by atoms with E-state index >= 15 is 0 Å². The molecule has 2 nitrogen and oxygen atoms in total. The zero-order valence-electron chi connectivity index (χ0n) is 12.9. The highest BCUT2D eigenvalue weighted by Gasteiger charge is 2.07. The summed E-state index contributed by atoms with van der Waals surface area (Å²) in [6, 6.07) is 25.6. The maximum absolute atomic E-state index is 4.77. The molecular formula is C21H14N2S. The van der Waals surface area contributed by atoms with Crippen molar-refractivity contribution in [1.82, 2.24) is 9.97 Å². The topological polar surface area (TPSA) is 28.7 Å². The van der Waals surface area contributed by atoms with Gasteiger partial charge in [-0.25, -0.2) is 4.98 Å². The maximum atomic E-state index is 4.77. The van der Waals surface area contributed by atoms with Crippen LogP contribution in [0.1, 0.15) is 0 Å². The highest BCUT2D eigenvalue weighted by molar-refractivity contribution is 7.21. The van der Waals surface area contributed by atoms with Crippen molar-refractivity contribution in [2.75, 3.05) is 0 Å². The first-order valence-electron chi connectivity index (χ1n) is 7.90. The molecule has 0 atom stereocenters. The third-order valence-corrected chi connectivity index (χ3v) is 5.38. The Hall–Kier alpha value is -2.91. The van der Waals surface area contributed by atoms with Gasteiger partial charge in [-0.15, -0.1) is 11.3 Å². The number of para-hydroxylation sites is 1. The third kappa shape index (κ3) is 2.22. The van der Waals surface area contributed by atoms with Crippen LogP contribution in [0.5, 0.6) is 0 Å². The minimum atomic E-state index is 1.07. The summed E-state index contributed by atoms with van der Waals surface area (Å²) in [7, 11) is 0. The van der Waals surface area contributed by atoms with Gasteiger partial charge in [0.05, 0.1) is 10.2 Å². The van der Waals surface area contributed by atoms with Crippen LogP contribution in [-0.2, 0) is 0 Å². The van der Waals surface area contributed by atoms with E-state index in [1.165, 1.54) is 32.3 Å². The molecule has 0 saturated heterocycles. The molecule has 3 heteroatoms. The predicted molar refractivity (Wildman–Crippen MR) is 102 cm³/mol. The number of aromatic amines is 1. The van der Waals surface area contributed by atoms with E-state index in [-0.39, 0.29) is 0 Å². The highest BCUT2D eigenvalue weighted by atomic mass is 32.1. The van der Waals surface area contributed by atoms with Crippen molar-refractivity contribution in [2.45, 2.75) is 0 Å². The van der Waals surface area contributed by atoms with Crippen molar-refractivity contribution in [1.29, 1.82) is 0 Å². The van der Waals surface area contributed by atoms with Crippen LogP contribution in [0.25, 0.3) is 42.8 Å². The summed E-state index contributed by atoms with van der Waals surface area (Å²) in [6.45, 7) is 0. The van der Waals surface area contributed by atoms with Gasteiger partial charge in [-0.05, 0) is 52.9 Å². The maximum Gasteiger partial charge on any atom is 0.124 e. The number of fused-ring (bicyclic) bond motifs is 2. The summed E-state index contributed by atoms with van der Waals surface area (Å²) in [6.07, 6.45) is 1.98. The predicted octanol–water partition coefficient (Wildman–Crippen LogP) is 6.11. The molecule has 0 spiro atoms. The standard InChI is InChI=1S/C21H14N2S/c1-2-7-20-19(6-1)23-21(24-20)17-5-3-4-14(13-17)15-8-9-18-16(12-15)10-11-22-18/h1-13,22H. The van der Waals surface area contributed by atoms with Gasteiger partial charge in [0.25, 0.3) is 0 Å². The summed E-state index contributed by atoms with van der Waals surface area (Å²) in [5.41, 5.74) is 5.85. The zero-order chi connectivity index (χ0) is 15.9. The Labute approximate surface area is 143 Å². The Morgan fingerprint density at radius 2 is 1.62 bits per heavy atom. The van der Waals surface area contributed by atoms with Crippen molar-refractivity contribution in [3.05, 3.63) is 79.0 Å². The molecule has 0 aliphatic carbocycles. The highest BCUT2D eigenvalue weighted by Crippen LogP contribution is 2.33. The second-order valence-corrected chi connectivity index (χ2v) is 6.88. The van der Waals surface area contributed by atoms with Gasteiger partial charge < -0.3 is 4.98 Å². The molecule has 0 amide bonds. The second-order valence-electron chi connectivity index (χ2n) is 5.85. The number of hydrogen-bond donors (Lipinski definition) is 1. The molecule has 0 radical (unpaired) electrons. The molecule has 5 aromatic rings. The fraction of sp³-hybridized carbons (Fsp3) is 0. The van der Waals surface area contributed by atoms with Gasteiger partial charge in [-0.3, -0.25) is 0 Å². The Kier molecular flexibility index (Phi) is 3.00. The number of rotatable bonds is 2. The van der Waals surface area contributed by atoms with Gasteiger partial charge in [-0.1, -0.05) is 36.4 Å². The summed E-state index contributed by atoms with van der Waals surface area (Å²) >= 11 is 1.74.